The minimum atomic E-state index is -4.40. The van der Waals surface area contributed by atoms with E-state index in [1.807, 2.05) is 0 Å². The topological polar surface area (TPSA) is 101 Å². The molecule has 0 aliphatic carbocycles. The fraction of sp³-hybridized carbons (Fsp3) is 0.364. The van der Waals surface area contributed by atoms with Crippen LogP contribution in [0.15, 0.2) is 18.3 Å². The molecule has 0 aromatic carbocycles. The number of nitrogens with zero attached hydrogens (tertiary/aromatic N) is 1. The zero-order chi connectivity index (χ0) is 15.9. The van der Waals surface area contributed by atoms with Crippen LogP contribution in [0, 0.1) is 0 Å². The Labute approximate surface area is 117 Å². The van der Waals surface area contributed by atoms with Gasteiger partial charge in [-0.15, -0.1) is 0 Å². The Morgan fingerprint density at radius 1 is 1.33 bits per heavy atom. The second kappa shape index (κ2) is 7.43. The van der Waals surface area contributed by atoms with E-state index in [9.17, 15) is 22.8 Å². The first-order valence-corrected chi connectivity index (χ1v) is 5.66. The average Bonchev–Trinajstić information content (AvgIpc) is 2.37. The number of amides is 2. The number of aromatic carboxylic acids is 1. The van der Waals surface area contributed by atoms with Gasteiger partial charge in [-0.05, 0) is 12.1 Å². The van der Waals surface area contributed by atoms with Gasteiger partial charge >= 0.3 is 18.2 Å². The number of ether oxygens (including phenoxy) is 1. The minimum Gasteiger partial charge on any atom is -0.477 e. The number of anilines is 1. The van der Waals surface area contributed by atoms with Gasteiger partial charge in [0, 0.05) is 6.54 Å². The number of hydrogen-bond acceptors (Lipinski definition) is 4. The summed E-state index contributed by atoms with van der Waals surface area (Å²) in [6, 6.07) is 1.86. The number of pyridine rings is 1. The van der Waals surface area contributed by atoms with Crippen molar-refractivity contribution in [1.29, 1.82) is 0 Å². The van der Waals surface area contributed by atoms with E-state index in [1.165, 1.54) is 12.1 Å². The van der Waals surface area contributed by atoms with Crippen LogP contribution >= 0.6 is 0 Å². The molecular weight excluding hydrogens is 295 g/mol. The SMILES string of the molecule is O=C(NCCOCC(F)(F)F)Nc1ccc(C(=O)O)nc1. The van der Waals surface area contributed by atoms with Crippen LogP contribution in [0.25, 0.3) is 0 Å². The van der Waals surface area contributed by atoms with E-state index in [-0.39, 0.29) is 24.5 Å². The summed E-state index contributed by atoms with van der Waals surface area (Å²) in [6.07, 6.45) is -3.26. The number of rotatable bonds is 6. The van der Waals surface area contributed by atoms with Crippen molar-refractivity contribution in [2.45, 2.75) is 6.18 Å². The van der Waals surface area contributed by atoms with Gasteiger partial charge in [0.1, 0.15) is 12.3 Å². The van der Waals surface area contributed by atoms with Crippen LogP contribution in [0.4, 0.5) is 23.7 Å². The lowest BCUT2D eigenvalue weighted by atomic mass is 10.3. The van der Waals surface area contributed by atoms with Crippen molar-refractivity contribution in [2.75, 3.05) is 25.1 Å². The smallest absolute Gasteiger partial charge is 0.411 e. The largest absolute Gasteiger partial charge is 0.477 e. The zero-order valence-electron chi connectivity index (χ0n) is 10.6. The lowest BCUT2D eigenvalue weighted by Crippen LogP contribution is -2.32. The molecule has 116 valence electrons. The molecule has 3 N–H and O–H groups in total. The van der Waals surface area contributed by atoms with Gasteiger partial charge < -0.3 is 20.5 Å². The van der Waals surface area contributed by atoms with Crippen LogP contribution in [-0.2, 0) is 4.74 Å². The highest BCUT2D eigenvalue weighted by Crippen LogP contribution is 2.13. The lowest BCUT2D eigenvalue weighted by Gasteiger charge is -2.09. The Bertz CT molecular complexity index is 490. The van der Waals surface area contributed by atoms with Gasteiger partial charge in [-0.3, -0.25) is 0 Å². The summed E-state index contributed by atoms with van der Waals surface area (Å²) in [5.41, 5.74) is 0.0650. The van der Waals surface area contributed by atoms with Gasteiger partial charge in [-0.25, -0.2) is 14.6 Å². The first-order valence-electron chi connectivity index (χ1n) is 5.66. The molecule has 0 aliphatic rings. The number of hydrogen-bond donors (Lipinski definition) is 3. The maximum Gasteiger partial charge on any atom is 0.411 e. The molecule has 10 heteroatoms. The minimum absolute atomic E-state index is 0.109. The van der Waals surface area contributed by atoms with Crippen molar-refractivity contribution in [2.24, 2.45) is 0 Å². The van der Waals surface area contributed by atoms with Gasteiger partial charge in [0.2, 0.25) is 0 Å². The van der Waals surface area contributed by atoms with Crippen molar-refractivity contribution in [1.82, 2.24) is 10.3 Å². The molecule has 0 saturated heterocycles. The highest BCUT2D eigenvalue weighted by Gasteiger charge is 2.27. The first-order chi connectivity index (χ1) is 9.78. The van der Waals surface area contributed by atoms with Crippen LogP contribution in [0.5, 0.6) is 0 Å². The van der Waals surface area contributed by atoms with E-state index < -0.39 is 24.8 Å². The Morgan fingerprint density at radius 3 is 2.57 bits per heavy atom. The molecule has 0 fully saturated rings. The molecule has 0 spiro atoms. The number of carbonyl (C=O) groups is 2. The van der Waals surface area contributed by atoms with E-state index in [4.69, 9.17) is 5.11 Å². The molecule has 0 unspecified atom stereocenters. The number of aromatic nitrogens is 1. The van der Waals surface area contributed by atoms with Gasteiger partial charge in [-0.1, -0.05) is 0 Å². The third kappa shape index (κ3) is 7.11. The number of carbonyl (C=O) groups excluding carboxylic acids is 1. The second-order valence-corrected chi connectivity index (χ2v) is 3.79. The second-order valence-electron chi connectivity index (χ2n) is 3.79. The fourth-order valence-electron chi connectivity index (χ4n) is 1.19. The quantitative estimate of drug-likeness (QED) is 0.691. The molecule has 1 rings (SSSR count). The molecule has 21 heavy (non-hydrogen) atoms. The molecule has 0 saturated carbocycles. The van der Waals surface area contributed by atoms with Crippen LogP contribution in [0.2, 0.25) is 0 Å². The number of alkyl halides is 3. The maximum atomic E-state index is 11.7. The molecule has 1 aromatic rings. The van der Waals surface area contributed by atoms with Crippen molar-refractivity contribution in [3.05, 3.63) is 24.0 Å². The number of urea groups is 1. The summed E-state index contributed by atoms with van der Waals surface area (Å²) in [5, 5.41) is 13.2. The fourth-order valence-corrected chi connectivity index (χ4v) is 1.19. The van der Waals surface area contributed by atoms with Gasteiger partial charge in [0.25, 0.3) is 0 Å². The number of halogens is 3. The summed E-state index contributed by atoms with van der Waals surface area (Å²) in [5.74, 6) is -1.20. The molecule has 0 atom stereocenters. The van der Waals surface area contributed by atoms with Crippen molar-refractivity contribution >= 4 is 17.7 Å². The van der Waals surface area contributed by atoms with Crippen LogP contribution in [-0.4, -0.2) is 48.0 Å². The predicted molar refractivity (Wildman–Crippen MR) is 65.1 cm³/mol. The summed E-state index contributed by atoms with van der Waals surface area (Å²) in [7, 11) is 0. The molecule has 2 amide bonds. The third-order valence-corrected chi connectivity index (χ3v) is 2.04. The molecule has 0 radical (unpaired) electrons. The molecular formula is C11H12F3N3O4. The molecule has 1 aromatic heterocycles. The Morgan fingerprint density at radius 2 is 2.05 bits per heavy atom. The Hall–Kier alpha value is -2.36. The van der Waals surface area contributed by atoms with Crippen LogP contribution in [0.3, 0.4) is 0 Å². The standard InChI is InChI=1S/C11H12F3N3O4/c12-11(13,14)6-21-4-3-15-10(20)17-7-1-2-8(9(18)19)16-5-7/h1-2,5H,3-4,6H2,(H,18,19)(H2,15,17,20). The summed E-state index contributed by atoms with van der Waals surface area (Å²) < 4.78 is 39.5. The summed E-state index contributed by atoms with van der Waals surface area (Å²) >= 11 is 0. The van der Waals surface area contributed by atoms with E-state index in [0.717, 1.165) is 6.20 Å². The van der Waals surface area contributed by atoms with E-state index in [1.54, 1.807) is 0 Å². The number of nitrogens with one attached hydrogen (secondary N) is 2. The third-order valence-electron chi connectivity index (χ3n) is 2.04. The monoisotopic (exact) mass is 307 g/mol. The Kier molecular flexibility index (Phi) is 5.91. The summed E-state index contributed by atoms with van der Waals surface area (Å²) in [4.78, 5) is 25.5. The highest BCUT2D eigenvalue weighted by atomic mass is 19.4. The van der Waals surface area contributed by atoms with E-state index in [0.29, 0.717) is 0 Å². The van der Waals surface area contributed by atoms with Crippen molar-refractivity contribution < 1.29 is 32.6 Å². The highest BCUT2D eigenvalue weighted by molar-refractivity contribution is 5.90. The van der Waals surface area contributed by atoms with E-state index in [2.05, 4.69) is 20.4 Å². The molecule has 7 nitrogen and oxygen atoms in total. The normalized spacial score (nSPS) is 11.0. The average molecular weight is 307 g/mol. The van der Waals surface area contributed by atoms with Crippen molar-refractivity contribution in [3.63, 3.8) is 0 Å². The summed E-state index contributed by atoms with van der Waals surface area (Å²) in [6.45, 7) is -1.78. The number of carboxylic acid groups (broad SMARTS) is 1. The van der Waals surface area contributed by atoms with Gasteiger partial charge in [0.15, 0.2) is 0 Å². The van der Waals surface area contributed by atoms with Crippen LogP contribution in [0.1, 0.15) is 10.5 Å². The Balaban J connectivity index is 2.26. The van der Waals surface area contributed by atoms with Gasteiger partial charge in [0.05, 0.1) is 18.5 Å². The molecule has 1 heterocycles. The zero-order valence-corrected chi connectivity index (χ0v) is 10.6. The van der Waals surface area contributed by atoms with Crippen LogP contribution < -0.4 is 10.6 Å². The maximum absolute atomic E-state index is 11.7. The van der Waals surface area contributed by atoms with Crippen molar-refractivity contribution in [3.8, 4) is 0 Å². The molecule has 0 bridgehead atoms. The number of carboxylic acids is 1. The molecule has 0 aliphatic heterocycles. The lowest BCUT2D eigenvalue weighted by molar-refractivity contribution is -0.173. The van der Waals surface area contributed by atoms with E-state index >= 15 is 0 Å². The van der Waals surface area contributed by atoms with Gasteiger partial charge in [-0.2, -0.15) is 13.2 Å². The first kappa shape index (κ1) is 16.7. The predicted octanol–water partition coefficient (Wildman–Crippen LogP) is 1.48.